The van der Waals surface area contributed by atoms with Gasteiger partial charge in [0.25, 0.3) is 0 Å². The van der Waals surface area contributed by atoms with Gasteiger partial charge in [-0.15, -0.1) is 0 Å². The molecule has 1 aliphatic carbocycles. The van der Waals surface area contributed by atoms with E-state index in [-0.39, 0.29) is 11.9 Å². The molecule has 3 fully saturated rings. The van der Waals surface area contributed by atoms with E-state index in [0.717, 1.165) is 32.4 Å². The second-order valence-corrected chi connectivity index (χ2v) is 7.25. The van der Waals surface area contributed by atoms with Gasteiger partial charge >= 0.3 is 6.09 Å². The van der Waals surface area contributed by atoms with E-state index in [1.165, 1.54) is 0 Å². The first-order chi connectivity index (χ1) is 9.37. The molecule has 2 aliphatic heterocycles. The number of carbonyl (C=O) groups excluding carboxylic acids is 1. The molecular formula is C15H25NO4. The second kappa shape index (κ2) is 4.88. The molecule has 1 saturated carbocycles. The molecule has 2 heterocycles. The number of ether oxygens (including phenoxy) is 3. The quantitative estimate of drug-likeness (QED) is 0.685. The van der Waals surface area contributed by atoms with Crippen molar-refractivity contribution in [2.45, 2.75) is 51.4 Å². The normalized spacial score (nSPS) is 32.5. The van der Waals surface area contributed by atoms with E-state index in [4.69, 9.17) is 14.2 Å². The summed E-state index contributed by atoms with van der Waals surface area (Å²) in [6, 6.07) is 0. The highest BCUT2D eigenvalue weighted by Gasteiger charge is 2.51. The smallest absolute Gasteiger partial charge is 0.410 e. The lowest BCUT2D eigenvalue weighted by Gasteiger charge is -2.35. The predicted molar refractivity (Wildman–Crippen MR) is 73.3 cm³/mol. The number of nitrogens with zero attached hydrogens (tertiary/aromatic N) is 1. The molecule has 114 valence electrons. The van der Waals surface area contributed by atoms with Crippen molar-refractivity contribution < 1.29 is 19.0 Å². The van der Waals surface area contributed by atoms with Crippen LogP contribution in [0.3, 0.4) is 0 Å². The number of piperidine rings is 1. The Kier molecular flexibility index (Phi) is 3.45. The Labute approximate surface area is 120 Å². The molecule has 0 radical (unpaired) electrons. The van der Waals surface area contributed by atoms with Crippen LogP contribution in [0.1, 0.15) is 40.0 Å². The van der Waals surface area contributed by atoms with Crippen LogP contribution in [0.2, 0.25) is 0 Å². The van der Waals surface area contributed by atoms with Crippen molar-refractivity contribution in [2.24, 2.45) is 11.8 Å². The van der Waals surface area contributed by atoms with Gasteiger partial charge in [0.05, 0.1) is 13.2 Å². The Morgan fingerprint density at radius 3 is 2.50 bits per heavy atom. The van der Waals surface area contributed by atoms with Gasteiger partial charge in [0.15, 0.2) is 5.79 Å². The zero-order valence-corrected chi connectivity index (χ0v) is 12.7. The third kappa shape index (κ3) is 2.79. The summed E-state index contributed by atoms with van der Waals surface area (Å²) in [5.41, 5.74) is -0.428. The maximum Gasteiger partial charge on any atom is 0.410 e. The topological polar surface area (TPSA) is 48.0 Å². The largest absolute Gasteiger partial charge is 0.444 e. The maximum absolute atomic E-state index is 12.2. The number of carbonyl (C=O) groups is 1. The van der Waals surface area contributed by atoms with Gasteiger partial charge in [-0.2, -0.15) is 0 Å². The number of hydrogen-bond acceptors (Lipinski definition) is 4. The first kappa shape index (κ1) is 14.1. The molecule has 2 atom stereocenters. The van der Waals surface area contributed by atoms with E-state index < -0.39 is 5.60 Å². The molecule has 0 aromatic carbocycles. The van der Waals surface area contributed by atoms with Crippen molar-refractivity contribution in [3.05, 3.63) is 0 Å². The standard InChI is InChI=1S/C15H25NO4/c1-14(2,3)20-13(17)16-5-4-11-8-15(9-12(11)10-16)18-6-7-19-15/h11-12H,4-10H2,1-3H3/t11-,12-/m0/s1. The summed E-state index contributed by atoms with van der Waals surface area (Å²) in [7, 11) is 0. The minimum atomic E-state index is -0.428. The van der Waals surface area contributed by atoms with Crippen molar-refractivity contribution >= 4 is 6.09 Å². The van der Waals surface area contributed by atoms with E-state index in [0.29, 0.717) is 25.0 Å². The van der Waals surface area contributed by atoms with Crippen molar-refractivity contribution in [1.29, 1.82) is 0 Å². The third-order valence-corrected chi connectivity index (χ3v) is 4.50. The lowest BCUT2D eigenvalue weighted by atomic mass is 9.89. The highest BCUT2D eigenvalue weighted by molar-refractivity contribution is 5.68. The SMILES string of the molecule is CC(C)(C)OC(=O)N1CC[C@H]2CC3(C[C@H]2C1)OCCO3. The summed E-state index contributed by atoms with van der Waals surface area (Å²) in [6.07, 6.45) is 2.74. The van der Waals surface area contributed by atoms with E-state index >= 15 is 0 Å². The summed E-state index contributed by atoms with van der Waals surface area (Å²) in [4.78, 5) is 14.0. The van der Waals surface area contributed by atoms with Crippen molar-refractivity contribution in [3.63, 3.8) is 0 Å². The van der Waals surface area contributed by atoms with Gasteiger partial charge in [0.1, 0.15) is 5.60 Å². The first-order valence-corrected chi connectivity index (χ1v) is 7.63. The average Bonchev–Trinajstić information content (AvgIpc) is 2.92. The van der Waals surface area contributed by atoms with Gasteiger partial charge < -0.3 is 19.1 Å². The van der Waals surface area contributed by atoms with E-state index in [9.17, 15) is 4.79 Å². The minimum absolute atomic E-state index is 0.190. The molecule has 0 N–H and O–H groups in total. The van der Waals surface area contributed by atoms with Crippen LogP contribution in [0.25, 0.3) is 0 Å². The number of hydrogen-bond donors (Lipinski definition) is 0. The molecule has 1 spiro atoms. The molecule has 5 heteroatoms. The van der Waals surface area contributed by atoms with Crippen molar-refractivity contribution in [1.82, 2.24) is 4.90 Å². The molecular weight excluding hydrogens is 258 g/mol. The Balaban J connectivity index is 1.60. The van der Waals surface area contributed by atoms with Gasteiger partial charge in [0, 0.05) is 25.9 Å². The molecule has 0 aromatic heterocycles. The minimum Gasteiger partial charge on any atom is -0.444 e. The number of fused-ring (bicyclic) bond motifs is 1. The van der Waals surface area contributed by atoms with Gasteiger partial charge in [-0.1, -0.05) is 0 Å². The Morgan fingerprint density at radius 2 is 1.85 bits per heavy atom. The van der Waals surface area contributed by atoms with Gasteiger partial charge in [0.2, 0.25) is 0 Å². The van der Waals surface area contributed by atoms with Crippen LogP contribution >= 0.6 is 0 Å². The molecule has 0 aromatic rings. The second-order valence-electron chi connectivity index (χ2n) is 7.25. The van der Waals surface area contributed by atoms with Gasteiger partial charge in [-0.05, 0) is 39.0 Å². The zero-order valence-electron chi connectivity index (χ0n) is 12.7. The van der Waals surface area contributed by atoms with Crippen LogP contribution in [-0.4, -0.2) is 48.7 Å². The highest BCUT2D eigenvalue weighted by atomic mass is 16.7. The predicted octanol–water partition coefficient (Wildman–Crippen LogP) is 2.40. The first-order valence-electron chi connectivity index (χ1n) is 7.63. The summed E-state index contributed by atoms with van der Waals surface area (Å²) >= 11 is 0. The molecule has 20 heavy (non-hydrogen) atoms. The summed E-state index contributed by atoms with van der Waals surface area (Å²) in [5, 5.41) is 0. The summed E-state index contributed by atoms with van der Waals surface area (Å²) < 4.78 is 17.1. The van der Waals surface area contributed by atoms with Crippen LogP contribution in [0, 0.1) is 11.8 Å². The lowest BCUT2D eigenvalue weighted by Crippen LogP contribution is -2.44. The molecule has 5 nitrogen and oxygen atoms in total. The number of amides is 1. The highest BCUT2D eigenvalue weighted by Crippen LogP contribution is 2.47. The fraction of sp³-hybridized carbons (Fsp3) is 0.933. The molecule has 0 unspecified atom stereocenters. The van der Waals surface area contributed by atoms with E-state index in [1.807, 2.05) is 25.7 Å². The summed E-state index contributed by atoms with van der Waals surface area (Å²) in [6.45, 7) is 8.68. The van der Waals surface area contributed by atoms with Crippen molar-refractivity contribution in [2.75, 3.05) is 26.3 Å². The van der Waals surface area contributed by atoms with E-state index in [1.54, 1.807) is 0 Å². The molecule has 0 bridgehead atoms. The fourth-order valence-corrected chi connectivity index (χ4v) is 3.69. The van der Waals surface area contributed by atoms with Gasteiger partial charge in [-0.3, -0.25) is 0 Å². The molecule has 3 rings (SSSR count). The Morgan fingerprint density at radius 1 is 1.20 bits per heavy atom. The van der Waals surface area contributed by atoms with Crippen LogP contribution < -0.4 is 0 Å². The average molecular weight is 283 g/mol. The molecule has 1 amide bonds. The Bertz CT molecular complexity index is 384. The maximum atomic E-state index is 12.2. The molecule has 2 saturated heterocycles. The molecule has 3 aliphatic rings. The van der Waals surface area contributed by atoms with Crippen LogP contribution in [0.15, 0.2) is 0 Å². The third-order valence-electron chi connectivity index (χ3n) is 4.50. The Hall–Kier alpha value is -0.810. The lowest BCUT2D eigenvalue weighted by molar-refractivity contribution is -0.154. The van der Waals surface area contributed by atoms with Gasteiger partial charge in [-0.25, -0.2) is 4.79 Å². The fourth-order valence-electron chi connectivity index (χ4n) is 3.69. The van der Waals surface area contributed by atoms with Crippen molar-refractivity contribution in [3.8, 4) is 0 Å². The van der Waals surface area contributed by atoms with E-state index in [2.05, 4.69) is 0 Å². The summed E-state index contributed by atoms with van der Waals surface area (Å²) in [5.74, 6) is 0.750. The van der Waals surface area contributed by atoms with Crippen LogP contribution in [0.4, 0.5) is 4.79 Å². The van der Waals surface area contributed by atoms with Crippen LogP contribution in [0.5, 0.6) is 0 Å². The monoisotopic (exact) mass is 283 g/mol. The number of likely N-dealkylation sites (tertiary alicyclic amines) is 1. The zero-order chi connectivity index (χ0) is 14.4. The number of rotatable bonds is 0. The van der Waals surface area contributed by atoms with Crippen LogP contribution in [-0.2, 0) is 14.2 Å².